The summed E-state index contributed by atoms with van der Waals surface area (Å²) in [6, 6.07) is 10.3. The summed E-state index contributed by atoms with van der Waals surface area (Å²) in [6.07, 6.45) is 2.53. The van der Waals surface area contributed by atoms with Crippen LogP contribution in [0.25, 0.3) is 22.6 Å². The maximum Gasteiger partial charge on any atom is 0.203 e. The summed E-state index contributed by atoms with van der Waals surface area (Å²) < 4.78 is 14.4. The number of rotatable bonds is 0. The Morgan fingerprint density at radius 1 is 1.12 bits per heavy atom. The normalized spacial score (nSPS) is 17.4. The fraction of sp³-hybridized carbons (Fsp3) is 0.368. The first kappa shape index (κ1) is 13.8. The lowest BCUT2D eigenvalue weighted by molar-refractivity contribution is 0.311. The molecule has 1 aromatic carbocycles. The van der Waals surface area contributed by atoms with Crippen molar-refractivity contribution in [3.05, 3.63) is 35.7 Å². The number of fused-ring (bicyclic) bond motifs is 3. The van der Waals surface area contributed by atoms with Gasteiger partial charge in [-0.15, -0.1) is 0 Å². The van der Waals surface area contributed by atoms with Crippen molar-refractivity contribution in [3.8, 4) is 17.2 Å². The van der Waals surface area contributed by atoms with E-state index in [4.69, 9.17) is 14.1 Å². The number of benzene rings is 2. The minimum atomic E-state index is 0.707. The highest BCUT2D eigenvalue weighted by Gasteiger charge is 2.20. The van der Waals surface area contributed by atoms with Gasteiger partial charge < -0.3 is 14.1 Å². The van der Waals surface area contributed by atoms with E-state index < -0.39 is 0 Å². The minimum absolute atomic E-state index is 0.707. The number of nitrogens with zero attached hydrogens (tertiary/aromatic N) is 3. The van der Waals surface area contributed by atoms with Crippen LogP contribution < -0.4 is 19.6 Å². The largest absolute Gasteiger partial charge is 0.489 e. The highest BCUT2D eigenvalue weighted by molar-refractivity contribution is 5.84. The molecule has 3 heterocycles. The molecule has 0 aromatic heterocycles. The van der Waals surface area contributed by atoms with Crippen LogP contribution in [0.5, 0.6) is 5.75 Å². The van der Waals surface area contributed by atoms with Gasteiger partial charge in [-0.3, -0.25) is 0 Å². The van der Waals surface area contributed by atoms with Crippen molar-refractivity contribution in [2.24, 2.45) is 0 Å². The Labute approximate surface area is 140 Å². The van der Waals surface area contributed by atoms with Crippen LogP contribution in [0.1, 0.15) is 12.8 Å². The molecule has 0 radical (unpaired) electrons. The monoisotopic (exact) mass is 322 g/mol. The molecule has 24 heavy (non-hydrogen) atoms. The molecule has 0 N–H and O–H groups in total. The van der Waals surface area contributed by atoms with Crippen molar-refractivity contribution in [1.82, 2.24) is 9.56 Å². The van der Waals surface area contributed by atoms with E-state index >= 15 is 0 Å². The van der Waals surface area contributed by atoms with E-state index in [-0.39, 0.29) is 0 Å². The van der Waals surface area contributed by atoms with Gasteiger partial charge in [-0.2, -0.15) is 0 Å². The van der Waals surface area contributed by atoms with Crippen LogP contribution in [-0.4, -0.2) is 38.3 Å². The van der Waals surface area contributed by atoms with E-state index in [0.717, 1.165) is 53.6 Å². The lowest BCUT2D eigenvalue weighted by Gasteiger charge is -2.27. The van der Waals surface area contributed by atoms with Crippen molar-refractivity contribution < 1.29 is 9.15 Å². The van der Waals surface area contributed by atoms with Gasteiger partial charge >= 0.3 is 0 Å². The maximum atomic E-state index is 6.19. The molecule has 4 aliphatic rings. The van der Waals surface area contributed by atoms with E-state index in [0.29, 0.717) is 6.61 Å². The second-order valence-electron chi connectivity index (χ2n) is 6.62. The third kappa shape index (κ3) is 2.15. The smallest absolute Gasteiger partial charge is 0.203 e. The highest BCUT2D eigenvalue weighted by atomic mass is 16.5. The Balaban J connectivity index is 1.74. The molecule has 1 aromatic rings. The summed E-state index contributed by atoms with van der Waals surface area (Å²) in [5.74, 6) is 1.72. The number of hydrogen-bond acceptors (Lipinski definition) is 4. The van der Waals surface area contributed by atoms with Crippen LogP contribution >= 0.6 is 0 Å². The quantitative estimate of drug-likeness (QED) is 0.470. The summed E-state index contributed by atoms with van der Waals surface area (Å²) in [5, 5.41) is 1.23. The summed E-state index contributed by atoms with van der Waals surface area (Å²) in [6.45, 7) is 3.85. The van der Waals surface area contributed by atoms with Crippen molar-refractivity contribution in [2.75, 3.05) is 38.2 Å². The molecular weight excluding hydrogens is 302 g/mol. The zero-order chi connectivity index (χ0) is 16.1. The van der Waals surface area contributed by atoms with Gasteiger partial charge in [0.25, 0.3) is 0 Å². The molecule has 122 valence electrons. The van der Waals surface area contributed by atoms with Crippen molar-refractivity contribution in [1.29, 1.82) is 0 Å². The van der Waals surface area contributed by atoms with E-state index in [1.54, 1.807) is 0 Å². The molecule has 1 fully saturated rings. The van der Waals surface area contributed by atoms with E-state index in [1.165, 1.54) is 18.2 Å². The third-order valence-corrected chi connectivity index (χ3v) is 5.01. The van der Waals surface area contributed by atoms with Gasteiger partial charge in [0.1, 0.15) is 36.7 Å². The number of ether oxygens (including phenoxy) is 1. The summed E-state index contributed by atoms with van der Waals surface area (Å²) in [4.78, 5) is 6.96. The second kappa shape index (κ2) is 5.23. The van der Waals surface area contributed by atoms with Crippen molar-refractivity contribution >= 4 is 16.8 Å². The standard InChI is InChI=1S/C19H20N3O2/c1-21-8-9-23-19-11-15-18(12-16(19)21)24-17-10-13(4-5-14(17)20-15)22-6-2-3-7-22/h4-5,10-12H,2-3,6-9H2,1H3/q+1. The molecule has 0 unspecified atom stereocenters. The Bertz CT molecular complexity index is 968. The lowest BCUT2D eigenvalue weighted by Crippen LogP contribution is -2.28. The predicted molar refractivity (Wildman–Crippen MR) is 93.6 cm³/mol. The molecule has 1 saturated heterocycles. The van der Waals surface area contributed by atoms with Crippen LogP contribution in [-0.2, 0) is 0 Å². The van der Waals surface area contributed by atoms with Gasteiger partial charge in [0, 0.05) is 38.1 Å². The third-order valence-electron chi connectivity index (χ3n) is 5.01. The van der Waals surface area contributed by atoms with Crippen LogP contribution in [0.4, 0.5) is 5.69 Å². The number of hydrogen-bond donors (Lipinski definition) is 0. The van der Waals surface area contributed by atoms with E-state index in [1.807, 2.05) is 12.1 Å². The molecule has 0 amide bonds. The SMILES string of the molecule is CN1CCOc2cc3nc4ccc(=[N+]5CCCC5)cc-4oc3cc21. The van der Waals surface area contributed by atoms with Gasteiger partial charge in [0.15, 0.2) is 11.3 Å². The Kier molecular flexibility index (Phi) is 3.01. The van der Waals surface area contributed by atoms with E-state index in [9.17, 15) is 0 Å². The zero-order valence-corrected chi connectivity index (χ0v) is 13.8. The molecule has 0 atom stereocenters. The summed E-state index contributed by atoms with van der Waals surface area (Å²) in [5.41, 5.74) is 3.59. The molecule has 0 bridgehead atoms. The number of aromatic nitrogens is 1. The van der Waals surface area contributed by atoms with Crippen LogP contribution in [0.15, 0.2) is 34.7 Å². The first-order chi connectivity index (χ1) is 11.8. The summed E-state index contributed by atoms with van der Waals surface area (Å²) >= 11 is 0. The maximum absolute atomic E-state index is 6.19. The molecule has 5 rings (SSSR count). The first-order valence-electron chi connectivity index (χ1n) is 8.58. The van der Waals surface area contributed by atoms with Crippen LogP contribution in [0, 0.1) is 0 Å². The fourth-order valence-electron chi connectivity index (χ4n) is 3.63. The molecule has 0 spiro atoms. The fourth-order valence-corrected chi connectivity index (χ4v) is 3.63. The molecule has 1 aliphatic carbocycles. The Morgan fingerprint density at radius 2 is 2.00 bits per heavy atom. The van der Waals surface area contributed by atoms with Gasteiger partial charge in [-0.05, 0) is 6.07 Å². The molecule has 5 nitrogen and oxygen atoms in total. The van der Waals surface area contributed by atoms with Crippen molar-refractivity contribution in [3.63, 3.8) is 0 Å². The van der Waals surface area contributed by atoms with Gasteiger partial charge in [-0.1, -0.05) is 0 Å². The highest BCUT2D eigenvalue weighted by Crippen LogP contribution is 2.36. The lowest BCUT2D eigenvalue weighted by atomic mass is 10.2. The molecule has 5 heteroatoms. The first-order valence-corrected chi connectivity index (χ1v) is 8.58. The summed E-state index contributed by atoms with van der Waals surface area (Å²) in [7, 11) is 2.08. The zero-order valence-electron chi connectivity index (χ0n) is 13.8. The van der Waals surface area contributed by atoms with Gasteiger partial charge in [0.2, 0.25) is 5.36 Å². The van der Waals surface area contributed by atoms with Crippen LogP contribution in [0.3, 0.4) is 0 Å². The number of anilines is 1. The molecular formula is C19H20N3O2+. The average Bonchev–Trinajstić information content (AvgIpc) is 3.13. The molecule has 3 aliphatic heterocycles. The Hall–Kier alpha value is -2.56. The van der Waals surface area contributed by atoms with Crippen molar-refractivity contribution in [2.45, 2.75) is 12.8 Å². The minimum Gasteiger partial charge on any atom is -0.489 e. The molecule has 0 saturated carbocycles. The average molecular weight is 322 g/mol. The van der Waals surface area contributed by atoms with E-state index in [2.05, 4.69) is 34.7 Å². The van der Waals surface area contributed by atoms with Crippen LogP contribution in [0.2, 0.25) is 0 Å². The Morgan fingerprint density at radius 3 is 2.88 bits per heavy atom. The predicted octanol–water partition coefficient (Wildman–Crippen LogP) is 2.33. The topological polar surface area (TPSA) is 41.5 Å². The number of likely N-dealkylation sites (N-methyl/N-ethyl adjacent to an activating group) is 1. The van der Waals surface area contributed by atoms with Gasteiger partial charge in [-0.25, -0.2) is 9.56 Å². The second-order valence-corrected chi connectivity index (χ2v) is 6.62. The van der Waals surface area contributed by atoms with Gasteiger partial charge in [0.05, 0.1) is 18.3 Å².